The molecular formula is C21H20ClN3O. The predicted molar refractivity (Wildman–Crippen MR) is 104 cm³/mol. The van der Waals surface area contributed by atoms with Gasteiger partial charge >= 0.3 is 0 Å². The van der Waals surface area contributed by atoms with Crippen molar-refractivity contribution in [3.8, 4) is 0 Å². The van der Waals surface area contributed by atoms with Crippen LogP contribution in [0.2, 0.25) is 5.02 Å². The summed E-state index contributed by atoms with van der Waals surface area (Å²) in [5, 5.41) is 0.714. The minimum Gasteiger partial charge on any atom is -0.345 e. The maximum absolute atomic E-state index is 6.02. The second kappa shape index (κ2) is 7.77. The number of hydrogen-bond acceptors (Lipinski definition) is 3. The average Bonchev–Trinajstić information content (AvgIpc) is 3.22. The lowest BCUT2D eigenvalue weighted by molar-refractivity contribution is -0.00318. The Labute approximate surface area is 157 Å². The summed E-state index contributed by atoms with van der Waals surface area (Å²) in [5.41, 5.74) is 7.57. The van der Waals surface area contributed by atoms with Crippen molar-refractivity contribution in [2.24, 2.45) is 0 Å². The fourth-order valence-corrected chi connectivity index (χ4v) is 3.33. The zero-order valence-electron chi connectivity index (χ0n) is 14.3. The van der Waals surface area contributed by atoms with Crippen LogP contribution in [0.4, 0.5) is 0 Å². The van der Waals surface area contributed by atoms with E-state index in [1.165, 1.54) is 5.56 Å². The van der Waals surface area contributed by atoms with Gasteiger partial charge in [-0.25, -0.2) is 4.98 Å². The van der Waals surface area contributed by atoms with Gasteiger partial charge < -0.3 is 4.98 Å². The van der Waals surface area contributed by atoms with Crippen LogP contribution in [0.25, 0.3) is 11.3 Å². The van der Waals surface area contributed by atoms with Gasteiger partial charge in [0, 0.05) is 35.0 Å². The molecule has 0 aliphatic carbocycles. The molecule has 1 aliphatic heterocycles. The van der Waals surface area contributed by atoms with Crippen LogP contribution >= 0.6 is 11.6 Å². The van der Waals surface area contributed by atoms with E-state index in [1.807, 2.05) is 36.5 Å². The Bertz CT molecular complexity index is 873. The Morgan fingerprint density at radius 1 is 1.08 bits per heavy atom. The van der Waals surface area contributed by atoms with Gasteiger partial charge in [0.05, 0.1) is 11.8 Å². The highest BCUT2D eigenvalue weighted by atomic mass is 35.5. The summed E-state index contributed by atoms with van der Waals surface area (Å²) in [4.78, 5) is 13.6. The van der Waals surface area contributed by atoms with Crippen molar-refractivity contribution in [1.82, 2.24) is 15.4 Å². The summed E-state index contributed by atoms with van der Waals surface area (Å²) >= 11 is 6.02. The molecule has 5 heteroatoms. The predicted octanol–water partition coefficient (Wildman–Crippen LogP) is 4.86. The van der Waals surface area contributed by atoms with Crippen LogP contribution in [-0.4, -0.2) is 16.1 Å². The number of halogens is 1. The summed E-state index contributed by atoms with van der Waals surface area (Å²) < 4.78 is 0. The molecule has 1 aromatic heterocycles. The first-order valence-corrected chi connectivity index (χ1v) is 9.12. The van der Waals surface area contributed by atoms with Gasteiger partial charge in [-0.05, 0) is 30.5 Å². The van der Waals surface area contributed by atoms with Gasteiger partial charge in [0.1, 0.15) is 5.82 Å². The van der Waals surface area contributed by atoms with Gasteiger partial charge in [-0.2, -0.15) is 0 Å². The summed E-state index contributed by atoms with van der Waals surface area (Å²) in [5.74, 6) is 0.871. The van der Waals surface area contributed by atoms with Crippen molar-refractivity contribution in [2.45, 2.75) is 25.4 Å². The molecule has 26 heavy (non-hydrogen) atoms. The fraction of sp³-hybridized carbons (Fsp3) is 0.190. The molecule has 1 unspecified atom stereocenters. The number of aryl methyl sites for hydroxylation is 1. The van der Waals surface area contributed by atoms with Gasteiger partial charge in [0.2, 0.25) is 0 Å². The Balaban J connectivity index is 1.56. The quantitative estimate of drug-likeness (QED) is 0.679. The molecule has 4 nitrogen and oxygen atoms in total. The van der Waals surface area contributed by atoms with Crippen LogP contribution in [0.15, 0.2) is 67.0 Å². The zero-order valence-corrected chi connectivity index (χ0v) is 15.0. The monoisotopic (exact) mass is 365 g/mol. The number of aromatic nitrogens is 2. The molecule has 1 atom stereocenters. The molecule has 0 radical (unpaired) electrons. The minimum atomic E-state index is 0.0892. The summed E-state index contributed by atoms with van der Waals surface area (Å²) in [6.45, 7) is 0. The molecule has 0 bridgehead atoms. The molecule has 0 saturated heterocycles. The molecule has 0 spiro atoms. The molecule has 0 saturated carbocycles. The average molecular weight is 366 g/mol. The molecule has 132 valence electrons. The van der Waals surface area contributed by atoms with Crippen molar-refractivity contribution >= 4 is 22.9 Å². The largest absolute Gasteiger partial charge is 0.345 e. The maximum atomic E-state index is 6.02. The molecular weight excluding hydrogens is 346 g/mol. The lowest BCUT2D eigenvalue weighted by Crippen LogP contribution is -2.30. The van der Waals surface area contributed by atoms with Crippen LogP contribution in [-0.2, 0) is 11.3 Å². The smallest absolute Gasteiger partial charge is 0.135 e. The molecule has 3 aromatic rings. The number of benzene rings is 2. The van der Waals surface area contributed by atoms with Crippen molar-refractivity contribution in [1.29, 1.82) is 0 Å². The Morgan fingerprint density at radius 2 is 1.88 bits per heavy atom. The van der Waals surface area contributed by atoms with Crippen molar-refractivity contribution in [2.75, 3.05) is 0 Å². The van der Waals surface area contributed by atoms with E-state index in [0.29, 0.717) is 5.02 Å². The van der Waals surface area contributed by atoms with Gasteiger partial charge in [-0.15, -0.1) is 0 Å². The maximum Gasteiger partial charge on any atom is 0.135 e. The van der Waals surface area contributed by atoms with E-state index in [9.17, 15) is 0 Å². The van der Waals surface area contributed by atoms with Gasteiger partial charge in [0.25, 0.3) is 0 Å². The number of aromatic amines is 1. The van der Waals surface area contributed by atoms with E-state index in [-0.39, 0.29) is 6.10 Å². The van der Waals surface area contributed by atoms with Gasteiger partial charge in [0.15, 0.2) is 0 Å². The summed E-state index contributed by atoms with van der Waals surface area (Å²) in [6.07, 6.45) is 6.42. The fourth-order valence-electron chi connectivity index (χ4n) is 3.20. The second-order valence-electron chi connectivity index (χ2n) is 6.37. The molecule has 2 N–H and O–H groups in total. The second-order valence-corrected chi connectivity index (χ2v) is 6.80. The van der Waals surface area contributed by atoms with Crippen molar-refractivity contribution < 1.29 is 4.84 Å². The van der Waals surface area contributed by atoms with Crippen molar-refractivity contribution in [3.63, 3.8) is 0 Å². The normalized spacial score (nSPS) is 17.2. The van der Waals surface area contributed by atoms with Crippen LogP contribution < -0.4 is 5.48 Å². The number of H-pyrrole nitrogens is 1. The van der Waals surface area contributed by atoms with E-state index in [2.05, 4.69) is 39.7 Å². The Kier molecular flexibility index (Phi) is 5.04. The molecule has 0 fully saturated rings. The van der Waals surface area contributed by atoms with Crippen LogP contribution in [0.1, 0.15) is 29.8 Å². The third-order valence-electron chi connectivity index (χ3n) is 4.58. The Morgan fingerprint density at radius 3 is 2.62 bits per heavy atom. The number of imidazole rings is 1. The zero-order chi connectivity index (χ0) is 17.8. The van der Waals surface area contributed by atoms with E-state index < -0.39 is 0 Å². The highest BCUT2D eigenvalue weighted by Crippen LogP contribution is 2.32. The SMILES string of the molecule is Clc1ccc(C2=C(c3ncc[nH]3)CC(CCc3ccccc3)ON2)cc1. The molecule has 2 aromatic carbocycles. The first-order chi connectivity index (χ1) is 12.8. The summed E-state index contributed by atoms with van der Waals surface area (Å²) in [6, 6.07) is 18.2. The number of hydrogen-bond donors (Lipinski definition) is 2. The van der Waals surface area contributed by atoms with Crippen LogP contribution in [0.5, 0.6) is 0 Å². The first-order valence-electron chi connectivity index (χ1n) is 8.74. The van der Waals surface area contributed by atoms with Gasteiger partial charge in [-0.3, -0.25) is 10.3 Å². The number of rotatable bonds is 5. The number of nitrogens with zero attached hydrogens (tertiary/aromatic N) is 1. The van der Waals surface area contributed by atoms with Gasteiger partial charge in [-0.1, -0.05) is 54.1 Å². The van der Waals surface area contributed by atoms with Crippen LogP contribution in [0, 0.1) is 0 Å². The van der Waals surface area contributed by atoms with E-state index in [4.69, 9.17) is 16.4 Å². The Hall–Kier alpha value is -2.56. The number of hydroxylamine groups is 1. The van der Waals surface area contributed by atoms with E-state index in [0.717, 1.165) is 41.9 Å². The van der Waals surface area contributed by atoms with Crippen LogP contribution in [0.3, 0.4) is 0 Å². The molecule has 2 heterocycles. The lowest BCUT2D eigenvalue weighted by Gasteiger charge is -2.28. The molecule has 1 aliphatic rings. The highest BCUT2D eigenvalue weighted by molar-refractivity contribution is 6.30. The molecule has 0 amide bonds. The van der Waals surface area contributed by atoms with Crippen molar-refractivity contribution in [3.05, 3.63) is 89.0 Å². The topological polar surface area (TPSA) is 49.9 Å². The summed E-state index contributed by atoms with van der Waals surface area (Å²) in [7, 11) is 0. The molecule has 4 rings (SSSR count). The lowest BCUT2D eigenvalue weighted by atomic mass is 9.96. The van der Waals surface area contributed by atoms with E-state index >= 15 is 0 Å². The number of nitrogens with one attached hydrogen (secondary N) is 2. The van der Waals surface area contributed by atoms with E-state index in [1.54, 1.807) is 6.20 Å². The first kappa shape index (κ1) is 16.9. The third kappa shape index (κ3) is 3.82. The third-order valence-corrected chi connectivity index (χ3v) is 4.83. The standard InChI is InChI=1S/C21H20ClN3O/c22-17-9-7-16(8-10-17)20-19(21-23-12-13-24-21)14-18(26-25-20)11-6-15-4-2-1-3-5-15/h1-5,7-10,12-13,18,25H,6,11,14H2,(H,23,24). The minimum absolute atomic E-state index is 0.0892. The highest BCUT2D eigenvalue weighted by Gasteiger charge is 2.25.